The van der Waals surface area contributed by atoms with Crippen LogP contribution in [0.3, 0.4) is 0 Å². The lowest BCUT2D eigenvalue weighted by Crippen LogP contribution is -2.44. The standard InChI is InChI=1S/C20H16N8O5.C11H13NO2.CH4/c21-14-15(17(30)16(14)29)27-4-3-10-2-1-9(5-11(10)8-27)7-22-18(31)12-6-13(19(32)33)28-20(23-12)24-25-26-28;1-14-11(13)8-2-4-9-7(6-8)3-5-10(9)12;/h1-2,5-6H,3-4,7-8,21H2,(H,22,31)(H,32,33);2,4,6,10H,3,5,12H2,1H3;1H4/t;10-;/m.0./s1. The SMILES string of the molecule is C.COC(=O)c1ccc2c(c1)CC[C@@H]2N.Nc1c(N2CCc3ccc(CNC(=O)c4cc(C(=O)O)n5nnnc5n4)cc3C2)c(=O)c1=O. The van der Waals surface area contributed by atoms with Crippen LogP contribution in [0.25, 0.3) is 5.78 Å². The fourth-order valence-corrected chi connectivity index (χ4v) is 5.80. The van der Waals surface area contributed by atoms with Crippen molar-refractivity contribution in [3.8, 4) is 0 Å². The van der Waals surface area contributed by atoms with Crippen molar-refractivity contribution in [2.24, 2.45) is 5.73 Å². The molecule has 5 aromatic rings. The van der Waals surface area contributed by atoms with Gasteiger partial charge in [-0.3, -0.25) is 14.4 Å². The number of tetrazole rings is 1. The number of carbonyl (C=O) groups excluding carboxylic acids is 2. The number of benzene rings is 2. The lowest BCUT2D eigenvalue weighted by atomic mass is 9.96. The van der Waals surface area contributed by atoms with Crippen LogP contribution in [0, 0.1) is 0 Å². The number of esters is 1. The summed E-state index contributed by atoms with van der Waals surface area (Å²) >= 11 is 0. The summed E-state index contributed by atoms with van der Waals surface area (Å²) in [4.78, 5) is 64.4. The summed E-state index contributed by atoms with van der Waals surface area (Å²) < 4.78 is 5.58. The van der Waals surface area contributed by atoms with E-state index in [-0.39, 0.29) is 54.5 Å². The van der Waals surface area contributed by atoms with Crippen molar-refractivity contribution in [2.45, 2.75) is 45.8 Å². The molecule has 0 bridgehead atoms. The predicted octanol–water partition coefficient (Wildman–Crippen LogP) is 0.944. The number of aromatic carboxylic acids is 1. The lowest BCUT2D eigenvalue weighted by Gasteiger charge is -2.32. The van der Waals surface area contributed by atoms with Crippen LogP contribution in [0.5, 0.6) is 0 Å². The zero-order valence-electron chi connectivity index (χ0n) is 25.1. The number of hydrogen-bond acceptors (Lipinski definition) is 13. The van der Waals surface area contributed by atoms with Crippen LogP contribution in [0.2, 0.25) is 0 Å². The van der Waals surface area contributed by atoms with E-state index in [1.165, 1.54) is 12.7 Å². The van der Waals surface area contributed by atoms with Crippen molar-refractivity contribution in [1.29, 1.82) is 0 Å². The number of carbonyl (C=O) groups is 3. The average Bonchev–Trinajstić information content (AvgIpc) is 3.72. The molecular weight excluding hydrogens is 622 g/mol. The Morgan fingerprint density at radius 2 is 1.83 bits per heavy atom. The zero-order chi connectivity index (χ0) is 33.4. The third kappa shape index (κ3) is 6.20. The van der Waals surface area contributed by atoms with Crippen molar-refractivity contribution in [1.82, 2.24) is 30.3 Å². The van der Waals surface area contributed by atoms with Gasteiger partial charge < -0.3 is 31.5 Å². The Bertz CT molecular complexity index is 2130. The highest BCUT2D eigenvalue weighted by molar-refractivity contribution is 5.95. The Morgan fingerprint density at radius 3 is 2.56 bits per heavy atom. The van der Waals surface area contributed by atoms with E-state index in [4.69, 9.17) is 11.5 Å². The first-order chi connectivity index (χ1) is 22.5. The van der Waals surface area contributed by atoms with E-state index in [0.717, 1.165) is 45.7 Å². The fraction of sp³-hybridized carbons (Fsp3) is 0.281. The van der Waals surface area contributed by atoms with Crippen molar-refractivity contribution in [3.05, 3.63) is 108 Å². The average molecular weight is 656 g/mol. The van der Waals surface area contributed by atoms with Crippen molar-refractivity contribution < 1.29 is 24.2 Å². The molecule has 3 aromatic carbocycles. The van der Waals surface area contributed by atoms with Crippen LogP contribution in [0.1, 0.15) is 79.0 Å². The van der Waals surface area contributed by atoms with Gasteiger partial charge >= 0.3 is 11.9 Å². The monoisotopic (exact) mass is 655 g/mol. The number of methoxy groups -OCH3 is 1. The van der Waals surface area contributed by atoms with E-state index in [1.54, 1.807) is 11.0 Å². The number of anilines is 2. The van der Waals surface area contributed by atoms with Crippen LogP contribution in [0.15, 0.2) is 52.1 Å². The Labute approximate surface area is 273 Å². The molecule has 7 rings (SSSR count). The van der Waals surface area contributed by atoms with Gasteiger partial charge in [-0.05, 0) is 69.6 Å². The summed E-state index contributed by atoms with van der Waals surface area (Å²) in [6, 6.07) is 12.6. The number of hydrogen-bond donors (Lipinski definition) is 4. The summed E-state index contributed by atoms with van der Waals surface area (Å²) in [5, 5.41) is 22.6. The lowest BCUT2D eigenvalue weighted by molar-refractivity contribution is 0.0599. The number of nitrogen functional groups attached to an aromatic ring is 1. The highest BCUT2D eigenvalue weighted by atomic mass is 16.5. The summed E-state index contributed by atoms with van der Waals surface area (Å²) in [6.07, 6.45) is 2.62. The van der Waals surface area contributed by atoms with Gasteiger partial charge in [-0.1, -0.05) is 36.8 Å². The van der Waals surface area contributed by atoms with Gasteiger partial charge in [-0.25, -0.2) is 14.6 Å². The molecule has 16 heteroatoms. The minimum Gasteiger partial charge on any atom is -0.477 e. The molecule has 16 nitrogen and oxygen atoms in total. The normalized spacial score (nSPS) is 14.7. The van der Waals surface area contributed by atoms with E-state index < -0.39 is 22.7 Å². The number of aromatic nitrogens is 5. The summed E-state index contributed by atoms with van der Waals surface area (Å²) in [7, 11) is 1.39. The maximum atomic E-state index is 12.6. The van der Waals surface area contributed by atoms with E-state index in [0.29, 0.717) is 25.1 Å². The molecule has 3 heterocycles. The van der Waals surface area contributed by atoms with Gasteiger partial charge in [0.25, 0.3) is 22.5 Å². The van der Waals surface area contributed by atoms with Crippen LogP contribution in [-0.2, 0) is 30.7 Å². The largest absolute Gasteiger partial charge is 0.477 e. The van der Waals surface area contributed by atoms with Crippen molar-refractivity contribution in [3.63, 3.8) is 0 Å². The van der Waals surface area contributed by atoms with Crippen molar-refractivity contribution in [2.75, 3.05) is 24.3 Å². The summed E-state index contributed by atoms with van der Waals surface area (Å²) in [6.45, 7) is 1.16. The number of rotatable bonds is 6. The number of fused-ring (bicyclic) bond motifs is 3. The van der Waals surface area contributed by atoms with Crippen molar-refractivity contribution >= 4 is 35.0 Å². The molecule has 0 saturated carbocycles. The molecule has 0 unspecified atom stereocenters. The van der Waals surface area contributed by atoms with Gasteiger partial charge in [0.05, 0.1) is 12.7 Å². The van der Waals surface area contributed by atoms with Crippen LogP contribution >= 0.6 is 0 Å². The second-order valence-corrected chi connectivity index (χ2v) is 11.2. The van der Waals surface area contributed by atoms with Gasteiger partial charge in [0.15, 0.2) is 5.69 Å². The molecule has 1 aliphatic carbocycles. The zero-order valence-corrected chi connectivity index (χ0v) is 25.1. The topological polar surface area (TPSA) is 238 Å². The first-order valence-electron chi connectivity index (χ1n) is 14.6. The number of carboxylic acid groups (broad SMARTS) is 1. The molecule has 48 heavy (non-hydrogen) atoms. The third-order valence-electron chi connectivity index (χ3n) is 8.29. The number of nitrogens with one attached hydrogen (secondary N) is 1. The van der Waals surface area contributed by atoms with Crippen LogP contribution < -0.4 is 32.5 Å². The van der Waals surface area contributed by atoms with Crippen LogP contribution in [0.4, 0.5) is 11.4 Å². The highest BCUT2D eigenvalue weighted by Crippen LogP contribution is 2.30. The fourth-order valence-electron chi connectivity index (χ4n) is 5.80. The Hall–Kier alpha value is -6.03. The Balaban J connectivity index is 0.000000252. The maximum absolute atomic E-state index is 12.6. The van der Waals surface area contributed by atoms with E-state index in [2.05, 4.69) is 30.6 Å². The number of nitrogens with two attached hydrogens (primary N) is 2. The second-order valence-electron chi connectivity index (χ2n) is 11.2. The number of carboxylic acids is 1. The van der Waals surface area contributed by atoms with Gasteiger partial charge in [0.2, 0.25) is 0 Å². The van der Waals surface area contributed by atoms with Gasteiger partial charge in [0, 0.05) is 31.7 Å². The molecule has 248 valence electrons. The number of ether oxygens (including phenoxy) is 1. The first kappa shape index (κ1) is 33.3. The molecule has 2 aromatic heterocycles. The quantitative estimate of drug-likeness (QED) is 0.147. The first-order valence-corrected chi connectivity index (χ1v) is 14.6. The minimum absolute atomic E-state index is 0. The number of nitrogens with zero attached hydrogens (tertiary/aromatic N) is 6. The van der Waals surface area contributed by atoms with Gasteiger partial charge in [-0.15, -0.1) is 0 Å². The second kappa shape index (κ2) is 13.4. The van der Waals surface area contributed by atoms with Gasteiger partial charge in [-0.2, -0.15) is 4.52 Å². The number of amides is 1. The molecule has 1 atom stereocenters. The molecule has 2 aliphatic rings. The highest BCUT2D eigenvalue weighted by Gasteiger charge is 2.27. The molecule has 0 radical (unpaired) electrons. The molecule has 1 amide bonds. The molecule has 0 fully saturated rings. The summed E-state index contributed by atoms with van der Waals surface area (Å²) in [5.41, 5.74) is 16.0. The van der Waals surface area contributed by atoms with Crippen LogP contribution in [-0.4, -0.2) is 61.6 Å². The molecule has 0 spiro atoms. The van der Waals surface area contributed by atoms with Gasteiger partial charge in [0.1, 0.15) is 17.1 Å². The van der Waals surface area contributed by atoms with E-state index in [9.17, 15) is 29.1 Å². The molecule has 6 N–H and O–H groups in total. The Kier molecular flexibility index (Phi) is 9.29. The molecule has 0 saturated heterocycles. The molecular formula is C32H33N9O7. The number of aryl methyl sites for hydroxylation is 1. The summed E-state index contributed by atoms with van der Waals surface area (Å²) in [5.74, 6) is -2.27. The minimum atomic E-state index is -1.30. The van der Waals surface area contributed by atoms with E-state index in [1.807, 2.05) is 30.3 Å². The smallest absolute Gasteiger partial charge is 0.354 e. The Morgan fingerprint density at radius 1 is 1.04 bits per heavy atom. The third-order valence-corrected chi connectivity index (χ3v) is 8.29. The van der Waals surface area contributed by atoms with E-state index >= 15 is 0 Å². The predicted molar refractivity (Wildman–Crippen MR) is 173 cm³/mol. The molecule has 1 aliphatic heterocycles. The maximum Gasteiger partial charge on any atom is 0.354 e.